The maximum atomic E-state index is 9.20. The molecule has 0 radical (unpaired) electrons. The number of aromatic hydroxyl groups is 1. The summed E-state index contributed by atoms with van der Waals surface area (Å²) in [5.41, 5.74) is 0. The summed E-state index contributed by atoms with van der Waals surface area (Å²) in [6.45, 7) is 2.15. The minimum absolute atomic E-state index is 0.170. The topological polar surface area (TPSA) is 49.7 Å². The molecule has 1 atom stereocenters. The largest absolute Gasteiger partial charge is 0.508 e. The van der Waals surface area contributed by atoms with Gasteiger partial charge in [0.25, 0.3) is 0 Å². The maximum Gasteiger partial charge on any atom is 0.123 e. The van der Waals surface area contributed by atoms with Gasteiger partial charge in [0, 0.05) is 6.07 Å². The van der Waals surface area contributed by atoms with Crippen molar-refractivity contribution in [3.05, 3.63) is 24.3 Å². The zero-order valence-electron chi connectivity index (χ0n) is 7.60. The number of benzene rings is 1. The maximum absolute atomic E-state index is 9.20. The Labute approximate surface area is 77.6 Å². The molecule has 0 saturated heterocycles. The Morgan fingerprint density at radius 2 is 2.23 bits per heavy atom. The molecule has 0 aromatic heterocycles. The van der Waals surface area contributed by atoms with Crippen LogP contribution in [0.25, 0.3) is 0 Å². The fourth-order valence-corrected chi connectivity index (χ4v) is 0.884. The lowest BCUT2D eigenvalue weighted by molar-refractivity contribution is 0.104. The van der Waals surface area contributed by atoms with Crippen LogP contribution >= 0.6 is 0 Å². The number of ether oxygens (including phenoxy) is 1. The first kappa shape index (κ1) is 9.86. The van der Waals surface area contributed by atoms with Gasteiger partial charge in [-0.3, -0.25) is 0 Å². The molecule has 13 heavy (non-hydrogen) atoms. The SMILES string of the molecule is CCC(O)COc1cccc(O)c1. The number of rotatable bonds is 4. The Bertz CT molecular complexity index is 260. The highest BCUT2D eigenvalue weighted by molar-refractivity contribution is 5.31. The molecule has 0 saturated carbocycles. The molecule has 0 bridgehead atoms. The van der Waals surface area contributed by atoms with E-state index in [1.54, 1.807) is 18.2 Å². The lowest BCUT2D eigenvalue weighted by Crippen LogP contribution is -2.15. The standard InChI is InChI=1S/C10H14O3/c1-2-8(11)7-13-10-5-3-4-9(12)6-10/h3-6,8,11-12H,2,7H2,1H3. The van der Waals surface area contributed by atoms with Gasteiger partial charge >= 0.3 is 0 Å². The summed E-state index contributed by atoms with van der Waals surface area (Å²) < 4.78 is 5.23. The van der Waals surface area contributed by atoms with E-state index in [0.29, 0.717) is 12.2 Å². The van der Waals surface area contributed by atoms with Crippen LogP contribution in [0.2, 0.25) is 0 Å². The van der Waals surface area contributed by atoms with Crippen LogP contribution in [0.15, 0.2) is 24.3 Å². The Kier molecular flexibility index (Phi) is 3.58. The Morgan fingerprint density at radius 1 is 1.46 bits per heavy atom. The van der Waals surface area contributed by atoms with Gasteiger partial charge in [-0.2, -0.15) is 0 Å². The van der Waals surface area contributed by atoms with Crippen LogP contribution in [0, 0.1) is 0 Å². The van der Waals surface area contributed by atoms with E-state index in [1.165, 1.54) is 6.07 Å². The predicted octanol–water partition coefficient (Wildman–Crippen LogP) is 1.54. The first-order valence-corrected chi connectivity index (χ1v) is 4.32. The van der Waals surface area contributed by atoms with Gasteiger partial charge in [-0.25, -0.2) is 0 Å². The third kappa shape index (κ3) is 3.34. The first-order valence-electron chi connectivity index (χ1n) is 4.32. The molecular weight excluding hydrogens is 168 g/mol. The molecule has 0 amide bonds. The third-order valence-corrected chi connectivity index (χ3v) is 1.73. The molecular formula is C10H14O3. The summed E-state index contributed by atoms with van der Waals surface area (Å²) in [6.07, 6.45) is 0.223. The molecule has 1 unspecified atom stereocenters. The molecule has 1 aromatic rings. The molecule has 1 aromatic carbocycles. The average Bonchev–Trinajstić information content (AvgIpc) is 2.14. The highest BCUT2D eigenvalue weighted by atomic mass is 16.5. The molecule has 72 valence electrons. The van der Waals surface area contributed by atoms with Crippen molar-refractivity contribution in [2.45, 2.75) is 19.4 Å². The number of hydrogen-bond donors (Lipinski definition) is 2. The number of phenols is 1. The van der Waals surface area contributed by atoms with Gasteiger partial charge in [-0.1, -0.05) is 13.0 Å². The average molecular weight is 182 g/mol. The normalized spacial score (nSPS) is 12.5. The van der Waals surface area contributed by atoms with Gasteiger partial charge in [0.15, 0.2) is 0 Å². The summed E-state index contributed by atoms with van der Waals surface area (Å²) in [5.74, 6) is 0.746. The molecule has 2 N–H and O–H groups in total. The highest BCUT2D eigenvalue weighted by Crippen LogP contribution is 2.17. The van der Waals surface area contributed by atoms with E-state index < -0.39 is 6.10 Å². The van der Waals surface area contributed by atoms with E-state index in [2.05, 4.69) is 0 Å². The monoisotopic (exact) mass is 182 g/mol. The second-order valence-corrected chi connectivity index (χ2v) is 2.87. The minimum atomic E-state index is -0.442. The molecule has 1 rings (SSSR count). The van der Waals surface area contributed by atoms with Crippen molar-refractivity contribution in [3.8, 4) is 11.5 Å². The fourth-order valence-electron chi connectivity index (χ4n) is 0.884. The number of hydrogen-bond acceptors (Lipinski definition) is 3. The smallest absolute Gasteiger partial charge is 0.123 e. The second kappa shape index (κ2) is 4.72. The number of phenolic OH excluding ortho intramolecular Hbond substituents is 1. The van der Waals surface area contributed by atoms with Gasteiger partial charge in [0.05, 0.1) is 6.10 Å². The Balaban J connectivity index is 2.45. The van der Waals surface area contributed by atoms with Gasteiger partial charge in [0.1, 0.15) is 18.1 Å². The molecule has 0 aliphatic heterocycles. The molecule has 0 aliphatic carbocycles. The quantitative estimate of drug-likeness (QED) is 0.742. The van der Waals surface area contributed by atoms with Crippen LogP contribution < -0.4 is 4.74 Å². The highest BCUT2D eigenvalue weighted by Gasteiger charge is 2.01. The first-order chi connectivity index (χ1) is 6.22. The van der Waals surface area contributed by atoms with Crippen molar-refractivity contribution < 1.29 is 14.9 Å². The van der Waals surface area contributed by atoms with Crippen LogP contribution in [0.1, 0.15) is 13.3 Å². The Hall–Kier alpha value is -1.22. The van der Waals surface area contributed by atoms with Crippen LogP contribution in [-0.4, -0.2) is 22.9 Å². The van der Waals surface area contributed by atoms with Crippen molar-refractivity contribution in [2.75, 3.05) is 6.61 Å². The minimum Gasteiger partial charge on any atom is -0.508 e. The molecule has 0 aliphatic rings. The lowest BCUT2D eigenvalue weighted by atomic mass is 10.3. The number of aliphatic hydroxyl groups is 1. The molecule has 3 heteroatoms. The molecule has 0 fully saturated rings. The zero-order chi connectivity index (χ0) is 9.68. The lowest BCUT2D eigenvalue weighted by Gasteiger charge is -2.09. The predicted molar refractivity (Wildman–Crippen MR) is 49.9 cm³/mol. The summed E-state index contributed by atoms with van der Waals surface area (Å²) in [7, 11) is 0. The van der Waals surface area contributed by atoms with Gasteiger partial charge in [-0.15, -0.1) is 0 Å². The van der Waals surface area contributed by atoms with Gasteiger partial charge in [0.2, 0.25) is 0 Å². The van der Waals surface area contributed by atoms with Crippen molar-refractivity contribution in [3.63, 3.8) is 0 Å². The van der Waals surface area contributed by atoms with E-state index in [4.69, 9.17) is 9.84 Å². The summed E-state index contributed by atoms with van der Waals surface area (Å²) in [5, 5.41) is 18.3. The van der Waals surface area contributed by atoms with Crippen LogP contribution in [0.5, 0.6) is 11.5 Å². The van der Waals surface area contributed by atoms with E-state index in [1.807, 2.05) is 6.92 Å². The van der Waals surface area contributed by atoms with Gasteiger partial charge < -0.3 is 14.9 Å². The van der Waals surface area contributed by atoms with Crippen LogP contribution in [0.4, 0.5) is 0 Å². The fraction of sp³-hybridized carbons (Fsp3) is 0.400. The van der Waals surface area contributed by atoms with Crippen molar-refractivity contribution in [1.82, 2.24) is 0 Å². The summed E-state index contributed by atoms with van der Waals surface area (Å²) in [4.78, 5) is 0. The molecule has 3 nitrogen and oxygen atoms in total. The number of aliphatic hydroxyl groups excluding tert-OH is 1. The molecule has 0 heterocycles. The van der Waals surface area contributed by atoms with Crippen LogP contribution in [0.3, 0.4) is 0 Å². The van der Waals surface area contributed by atoms with Gasteiger partial charge in [-0.05, 0) is 18.6 Å². The van der Waals surface area contributed by atoms with E-state index >= 15 is 0 Å². The van der Waals surface area contributed by atoms with E-state index in [0.717, 1.165) is 0 Å². The van der Waals surface area contributed by atoms with Crippen molar-refractivity contribution >= 4 is 0 Å². The van der Waals surface area contributed by atoms with Crippen molar-refractivity contribution in [1.29, 1.82) is 0 Å². The van der Waals surface area contributed by atoms with E-state index in [-0.39, 0.29) is 12.4 Å². The molecule has 0 spiro atoms. The third-order valence-electron chi connectivity index (χ3n) is 1.73. The van der Waals surface area contributed by atoms with E-state index in [9.17, 15) is 5.11 Å². The van der Waals surface area contributed by atoms with Crippen molar-refractivity contribution in [2.24, 2.45) is 0 Å². The Morgan fingerprint density at radius 3 is 2.85 bits per heavy atom. The van der Waals surface area contributed by atoms with Crippen LogP contribution in [-0.2, 0) is 0 Å². The zero-order valence-corrected chi connectivity index (χ0v) is 7.60. The second-order valence-electron chi connectivity index (χ2n) is 2.87. The summed E-state index contributed by atoms with van der Waals surface area (Å²) in [6, 6.07) is 6.52. The summed E-state index contributed by atoms with van der Waals surface area (Å²) >= 11 is 0.